The molecule has 4 nitrogen and oxygen atoms in total. The number of carbonyl (C=O) groups is 1. The topological polar surface area (TPSA) is 52.1 Å². The normalized spacial score (nSPS) is 24.6. The highest BCUT2D eigenvalue weighted by Gasteiger charge is 2.24. The lowest BCUT2D eigenvalue weighted by Gasteiger charge is -2.23. The van der Waals surface area contributed by atoms with Crippen LogP contribution in [0, 0.1) is 5.92 Å². The molecule has 0 atom stereocenters. The van der Waals surface area contributed by atoms with Gasteiger partial charge in [0.2, 0.25) is 5.01 Å². The van der Waals surface area contributed by atoms with Crippen molar-refractivity contribution in [3.63, 3.8) is 0 Å². The van der Waals surface area contributed by atoms with Crippen LogP contribution in [0.25, 0.3) is 0 Å². The number of rotatable bonds is 3. The Morgan fingerprint density at radius 1 is 1.41 bits per heavy atom. The van der Waals surface area contributed by atoms with Gasteiger partial charge in [0.05, 0.1) is 6.61 Å². The molecule has 0 N–H and O–H groups in total. The number of nitrogens with zero attached hydrogens (tertiary/aromatic N) is 2. The number of ether oxygens (including phenoxy) is 1. The molecule has 1 aromatic heterocycles. The van der Waals surface area contributed by atoms with Gasteiger partial charge >= 0.3 is 5.97 Å². The van der Waals surface area contributed by atoms with Gasteiger partial charge in [-0.2, -0.15) is 4.37 Å². The van der Waals surface area contributed by atoms with E-state index in [0.717, 1.165) is 36.1 Å². The minimum absolute atomic E-state index is 0.347. The van der Waals surface area contributed by atoms with Gasteiger partial charge in [0, 0.05) is 5.92 Å². The molecule has 1 aliphatic carbocycles. The standard InChI is InChI=1S/C12H18N2O2S/c1-3-16-12(15)11-13-10(14-17-11)9-6-4-8(2)5-7-9/h8-9H,3-7H2,1-2H3. The van der Waals surface area contributed by atoms with E-state index in [1.807, 2.05) is 0 Å². The van der Waals surface area contributed by atoms with Crippen molar-refractivity contribution in [2.45, 2.75) is 45.4 Å². The summed E-state index contributed by atoms with van der Waals surface area (Å²) in [5.74, 6) is 1.74. The van der Waals surface area contributed by atoms with Crippen molar-refractivity contribution in [1.82, 2.24) is 9.36 Å². The first kappa shape index (κ1) is 12.5. The molecule has 1 aromatic rings. The molecule has 0 radical (unpaired) electrons. The monoisotopic (exact) mass is 254 g/mol. The minimum atomic E-state index is -0.347. The Hall–Kier alpha value is -0.970. The van der Waals surface area contributed by atoms with Gasteiger partial charge < -0.3 is 4.74 Å². The second-order valence-electron chi connectivity index (χ2n) is 4.63. The summed E-state index contributed by atoms with van der Waals surface area (Å²) < 4.78 is 9.21. The van der Waals surface area contributed by atoms with Crippen LogP contribution in [0.5, 0.6) is 0 Å². The maximum Gasteiger partial charge on any atom is 0.369 e. The van der Waals surface area contributed by atoms with E-state index in [1.165, 1.54) is 12.8 Å². The average molecular weight is 254 g/mol. The number of hydrogen-bond donors (Lipinski definition) is 0. The molecule has 1 aliphatic rings. The molecule has 2 rings (SSSR count). The Bertz CT molecular complexity index is 384. The zero-order valence-corrected chi connectivity index (χ0v) is 11.1. The summed E-state index contributed by atoms with van der Waals surface area (Å²) in [5.41, 5.74) is 0. The van der Waals surface area contributed by atoms with Crippen LogP contribution in [-0.4, -0.2) is 21.9 Å². The van der Waals surface area contributed by atoms with Gasteiger partial charge in [-0.15, -0.1) is 0 Å². The zero-order valence-electron chi connectivity index (χ0n) is 10.3. The number of aromatic nitrogens is 2. The van der Waals surface area contributed by atoms with Crippen LogP contribution >= 0.6 is 11.5 Å². The SMILES string of the molecule is CCOC(=O)c1nc(C2CCC(C)CC2)ns1. The largest absolute Gasteiger partial charge is 0.461 e. The summed E-state index contributed by atoms with van der Waals surface area (Å²) >= 11 is 1.16. The molecule has 1 saturated carbocycles. The molecule has 0 unspecified atom stereocenters. The fourth-order valence-electron chi connectivity index (χ4n) is 2.19. The van der Waals surface area contributed by atoms with E-state index in [9.17, 15) is 4.79 Å². The van der Waals surface area contributed by atoms with Crippen LogP contribution in [0.2, 0.25) is 0 Å². The highest BCUT2D eigenvalue weighted by molar-refractivity contribution is 7.07. The van der Waals surface area contributed by atoms with E-state index in [1.54, 1.807) is 6.92 Å². The molecule has 0 spiro atoms. The van der Waals surface area contributed by atoms with Gasteiger partial charge in [0.25, 0.3) is 0 Å². The molecule has 94 valence electrons. The van der Waals surface area contributed by atoms with Crippen molar-refractivity contribution in [3.05, 3.63) is 10.8 Å². The molecule has 1 fully saturated rings. The third-order valence-corrected chi connectivity index (χ3v) is 3.98. The lowest BCUT2D eigenvalue weighted by Crippen LogP contribution is -2.12. The second-order valence-corrected chi connectivity index (χ2v) is 5.39. The molecule has 0 saturated heterocycles. The van der Waals surface area contributed by atoms with Crippen molar-refractivity contribution in [3.8, 4) is 0 Å². The van der Waals surface area contributed by atoms with Crippen molar-refractivity contribution in [1.29, 1.82) is 0 Å². The van der Waals surface area contributed by atoms with Gasteiger partial charge in [-0.05, 0) is 37.2 Å². The van der Waals surface area contributed by atoms with Crippen LogP contribution in [0.4, 0.5) is 0 Å². The first-order chi connectivity index (χ1) is 8.20. The predicted molar refractivity (Wildman–Crippen MR) is 66.2 cm³/mol. The smallest absolute Gasteiger partial charge is 0.369 e. The average Bonchev–Trinajstić information content (AvgIpc) is 2.80. The van der Waals surface area contributed by atoms with Gasteiger partial charge in [-0.25, -0.2) is 9.78 Å². The number of carbonyl (C=O) groups excluding carboxylic acids is 1. The number of esters is 1. The van der Waals surface area contributed by atoms with Gasteiger partial charge in [0.15, 0.2) is 0 Å². The summed E-state index contributed by atoms with van der Waals surface area (Å²) in [5, 5.41) is 0.389. The molecular formula is C12H18N2O2S. The first-order valence-corrected chi connectivity index (χ1v) is 6.98. The molecule has 1 heterocycles. The van der Waals surface area contributed by atoms with E-state index >= 15 is 0 Å². The van der Waals surface area contributed by atoms with Crippen molar-refractivity contribution >= 4 is 17.5 Å². The Kier molecular flexibility index (Phi) is 4.10. The lowest BCUT2D eigenvalue weighted by atomic mass is 9.83. The fraction of sp³-hybridized carbons (Fsp3) is 0.750. The van der Waals surface area contributed by atoms with E-state index in [2.05, 4.69) is 16.3 Å². The summed E-state index contributed by atoms with van der Waals surface area (Å²) in [6.45, 7) is 4.46. The first-order valence-electron chi connectivity index (χ1n) is 6.21. The van der Waals surface area contributed by atoms with Gasteiger partial charge in [0.1, 0.15) is 5.82 Å². The zero-order chi connectivity index (χ0) is 12.3. The lowest BCUT2D eigenvalue weighted by molar-refractivity contribution is 0.0525. The van der Waals surface area contributed by atoms with E-state index < -0.39 is 0 Å². The molecule has 5 heteroatoms. The Morgan fingerprint density at radius 2 is 2.12 bits per heavy atom. The second kappa shape index (κ2) is 5.58. The maximum atomic E-state index is 11.5. The van der Waals surface area contributed by atoms with Crippen LogP contribution in [-0.2, 0) is 4.74 Å². The van der Waals surface area contributed by atoms with Crippen LogP contribution < -0.4 is 0 Å². The summed E-state index contributed by atoms with van der Waals surface area (Å²) in [7, 11) is 0. The Labute approximate surface area is 106 Å². The van der Waals surface area contributed by atoms with Crippen LogP contribution in [0.3, 0.4) is 0 Å². The van der Waals surface area contributed by atoms with Crippen LogP contribution in [0.1, 0.15) is 61.1 Å². The Morgan fingerprint density at radius 3 is 2.76 bits per heavy atom. The van der Waals surface area contributed by atoms with Crippen molar-refractivity contribution in [2.24, 2.45) is 5.92 Å². The van der Waals surface area contributed by atoms with Gasteiger partial charge in [-0.1, -0.05) is 19.8 Å². The highest BCUT2D eigenvalue weighted by Crippen LogP contribution is 2.34. The summed E-state index contributed by atoms with van der Waals surface area (Å²) in [6.07, 6.45) is 4.75. The predicted octanol–water partition coefficient (Wildman–Crippen LogP) is 3.01. The van der Waals surface area contributed by atoms with Crippen molar-refractivity contribution in [2.75, 3.05) is 6.61 Å². The van der Waals surface area contributed by atoms with Crippen LogP contribution in [0.15, 0.2) is 0 Å². The van der Waals surface area contributed by atoms with Gasteiger partial charge in [-0.3, -0.25) is 0 Å². The third kappa shape index (κ3) is 3.03. The maximum absolute atomic E-state index is 11.5. The molecule has 17 heavy (non-hydrogen) atoms. The molecule has 0 aliphatic heterocycles. The van der Waals surface area contributed by atoms with E-state index in [0.29, 0.717) is 17.5 Å². The number of hydrogen-bond acceptors (Lipinski definition) is 5. The molecule has 0 bridgehead atoms. The highest BCUT2D eigenvalue weighted by atomic mass is 32.1. The molecule has 0 amide bonds. The fourth-order valence-corrected chi connectivity index (χ4v) is 2.83. The quantitative estimate of drug-likeness (QED) is 0.778. The minimum Gasteiger partial charge on any atom is -0.461 e. The van der Waals surface area contributed by atoms with E-state index in [-0.39, 0.29) is 5.97 Å². The van der Waals surface area contributed by atoms with Crippen molar-refractivity contribution < 1.29 is 9.53 Å². The Balaban J connectivity index is 2.00. The molecular weight excluding hydrogens is 236 g/mol. The van der Waals surface area contributed by atoms with E-state index in [4.69, 9.17) is 4.74 Å². The third-order valence-electron chi connectivity index (χ3n) is 3.27. The molecule has 0 aromatic carbocycles. The summed E-state index contributed by atoms with van der Waals surface area (Å²) in [6, 6.07) is 0. The summed E-state index contributed by atoms with van der Waals surface area (Å²) in [4.78, 5) is 15.8.